The number of amides is 1. The summed E-state index contributed by atoms with van der Waals surface area (Å²) in [6.45, 7) is 0. The van der Waals surface area contributed by atoms with Crippen LogP contribution in [0.5, 0.6) is 0 Å². The molecule has 1 heterocycles. The van der Waals surface area contributed by atoms with E-state index in [4.69, 9.17) is 0 Å². The van der Waals surface area contributed by atoms with Gasteiger partial charge in [0.2, 0.25) is 5.91 Å². The van der Waals surface area contributed by atoms with Crippen molar-refractivity contribution in [2.75, 3.05) is 5.32 Å². The van der Waals surface area contributed by atoms with Gasteiger partial charge in [0.25, 0.3) is 0 Å². The summed E-state index contributed by atoms with van der Waals surface area (Å²) < 4.78 is 1.88. The number of anilines is 1. The van der Waals surface area contributed by atoms with Gasteiger partial charge >= 0.3 is 5.97 Å². The summed E-state index contributed by atoms with van der Waals surface area (Å²) in [5, 5.41) is 12.6. The van der Waals surface area contributed by atoms with Crippen molar-refractivity contribution in [3.8, 4) is 0 Å². The number of hydrogen-bond donors (Lipinski definition) is 2. The van der Waals surface area contributed by atoms with E-state index in [1.54, 1.807) is 6.33 Å². The van der Waals surface area contributed by atoms with Gasteiger partial charge in [-0.1, -0.05) is 54.6 Å². The number of rotatable bonds is 6. The number of aliphatic carboxylic acids is 1. The van der Waals surface area contributed by atoms with E-state index < -0.39 is 12.0 Å². The number of carbonyl (C=O) groups excluding carboxylic acids is 1. The number of fused-ring (bicyclic) bond motifs is 2. The normalized spacial score (nSPS) is 16.2. The van der Waals surface area contributed by atoms with Crippen LogP contribution in [0.4, 0.5) is 5.69 Å². The van der Waals surface area contributed by atoms with E-state index in [2.05, 4.69) is 22.4 Å². The summed E-state index contributed by atoms with van der Waals surface area (Å²) in [5.41, 5.74) is 5.71. The highest BCUT2D eigenvalue weighted by molar-refractivity contribution is 5.95. The molecule has 5 rings (SSSR count). The molecule has 0 bridgehead atoms. The highest BCUT2D eigenvalue weighted by atomic mass is 16.4. The monoisotopic (exact) mass is 439 g/mol. The average Bonchev–Trinajstić information content (AvgIpc) is 3.25. The Morgan fingerprint density at radius 2 is 1.79 bits per heavy atom. The summed E-state index contributed by atoms with van der Waals surface area (Å²) >= 11 is 0. The number of hydrogen-bond acceptors (Lipinski definition) is 3. The molecule has 0 spiro atoms. The number of carboxylic acid groups (broad SMARTS) is 1. The summed E-state index contributed by atoms with van der Waals surface area (Å²) in [6, 6.07) is 23.1. The van der Waals surface area contributed by atoms with Crippen molar-refractivity contribution in [3.05, 3.63) is 95.8 Å². The number of aromatic nitrogens is 2. The lowest BCUT2D eigenvalue weighted by Crippen LogP contribution is -2.28. The van der Waals surface area contributed by atoms with Crippen LogP contribution in [0.2, 0.25) is 0 Å². The van der Waals surface area contributed by atoms with Gasteiger partial charge in [-0.05, 0) is 54.2 Å². The van der Waals surface area contributed by atoms with E-state index in [0.717, 1.165) is 35.9 Å². The zero-order valence-corrected chi connectivity index (χ0v) is 18.1. The molecule has 1 aliphatic rings. The van der Waals surface area contributed by atoms with E-state index in [9.17, 15) is 14.7 Å². The standard InChI is InChI=1S/C27H25N3O3/c31-26(32)16-24(19-7-2-1-3-8-19)30-17-28-23-13-12-22(15-25(23)30)29-27(33)21-11-10-18-6-4-5-9-20(18)14-21/h1-9,12-13,15,17,21,24H,10-11,14,16H2,(H,29,33)(H,31,32). The molecule has 1 aliphatic carbocycles. The molecule has 166 valence electrons. The van der Waals surface area contributed by atoms with Crippen LogP contribution in [0, 0.1) is 5.92 Å². The van der Waals surface area contributed by atoms with Gasteiger partial charge in [0.05, 0.1) is 29.8 Å². The maximum Gasteiger partial charge on any atom is 0.305 e. The van der Waals surface area contributed by atoms with Gasteiger partial charge in [-0.3, -0.25) is 9.59 Å². The van der Waals surface area contributed by atoms with E-state index in [1.807, 2.05) is 65.2 Å². The van der Waals surface area contributed by atoms with Crippen molar-refractivity contribution in [2.24, 2.45) is 5.92 Å². The van der Waals surface area contributed by atoms with Crippen LogP contribution in [0.1, 0.15) is 35.6 Å². The summed E-state index contributed by atoms with van der Waals surface area (Å²) in [4.78, 5) is 29.1. The third-order valence-electron chi connectivity index (χ3n) is 6.45. The largest absolute Gasteiger partial charge is 0.481 e. The molecule has 33 heavy (non-hydrogen) atoms. The van der Waals surface area contributed by atoms with Crippen molar-refractivity contribution < 1.29 is 14.7 Å². The number of nitrogens with zero attached hydrogens (tertiary/aromatic N) is 2. The molecule has 1 aromatic heterocycles. The van der Waals surface area contributed by atoms with Gasteiger partial charge in [-0.2, -0.15) is 0 Å². The number of aryl methyl sites for hydroxylation is 1. The van der Waals surface area contributed by atoms with Crippen molar-refractivity contribution in [1.82, 2.24) is 9.55 Å². The Morgan fingerprint density at radius 1 is 1.03 bits per heavy atom. The minimum Gasteiger partial charge on any atom is -0.481 e. The molecule has 2 atom stereocenters. The molecule has 0 aliphatic heterocycles. The third kappa shape index (κ3) is 4.37. The Labute approximate surface area is 191 Å². The van der Waals surface area contributed by atoms with E-state index in [1.165, 1.54) is 11.1 Å². The second-order valence-corrected chi connectivity index (χ2v) is 8.58. The number of benzene rings is 3. The molecule has 4 aromatic rings. The van der Waals surface area contributed by atoms with Crippen LogP contribution < -0.4 is 5.32 Å². The Kier molecular flexibility index (Phi) is 5.65. The fourth-order valence-electron chi connectivity index (χ4n) is 4.74. The van der Waals surface area contributed by atoms with Crippen LogP contribution in [-0.4, -0.2) is 26.5 Å². The minimum absolute atomic E-state index is 0.0139. The molecule has 0 radical (unpaired) electrons. The first-order valence-electron chi connectivity index (χ1n) is 11.2. The van der Waals surface area contributed by atoms with Crippen molar-refractivity contribution in [1.29, 1.82) is 0 Å². The van der Waals surface area contributed by atoms with E-state index in [0.29, 0.717) is 5.69 Å². The Bertz CT molecular complexity index is 1310. The van der Waals surface area contributed by atoms with Gasteiger partial charge in [0.15, 0.2) is 0 Å². The third-order valence-corrected chi connectivity index (χ3v) is 6.45. The second kappa shape index (κ2) is 8.90. The summed E-state index contributed by atoms with van der Waals surface area (Å²) in [5.74, 6) is -0.933. The lowest BCUT2D eigenvalue weighted by atomic mass is 9.83. The number of imidazole rings is 1. The number of carboxylic acids is 1. The zero-order valence-electron chi connectivity index (χ0n) is 18.1. The molecule has 2 unspecified atom stereocenters. The van der Waals surface area contributed by atoms with E-state index >= 15 is 0 Å². The van der Waals surface area contributed by atoms with Gasteiger partial charge in [-0.25, -0.2) is 4.98 Å². The Balaban J connectivity index is 1.41. The highest BCUT2D eigenvalue weighted by Gasteiger charge is 2.25. The fraction of sp³-hybridized carbons (Fsp3) is 0.222. The van der Waals surface area contributed by atoms with Crippen LogP contribution in [-0.2, 0) is 22.4 Å². The predicted octanol–water partition coefficient (Wildman–Crippen LogP) is 4.84. The van der Waals surface area contributed by atoms with Crippen LogP contribution in [0.25, 0.3) is 11.0 Å². The SMILES string of the molecule is O=C(O)CC(c1ccccc1)n1cnc2ccc(NC(=O)C3CCc4ccccc4C3)cc21. The molecule has 0 saturated heterocycles. The fourth-order valence-corrected chi connectivity index (χ4v) is 4.74. The van der Waals surface area contributed by atoms with Gasteiger partial charge in [0, 0.05) is 11.6 Å². The smallest absolute Gasteiger partial charge is 0.305 e. The lowest BCUT2D eigenvalue weighted by molar-refractivity contribution is -0.137. The first kappa shape index (κ1) is 20.9. The number of nitrogens with one attached hydrogen (secondary N) is 1. The number of carbonyl (C=O) groups is 2. The second-order valence-electron chi connectivity index (χ2n) is 8.58. The topological polar surface area (TPSA) is 84.2 Å². The highest BCUT2D eigenvalue weighted by Crippen LogP contribution is 2.30. The average molecular weight is 440 g/mol. The molecule has 1 amide bonds. The van der Waals surface area contributed by atoms with Gasteiger partial charge < -0.3 is 15.0 Å². The summed E-state index contributed by atoms with van der Waals surface area (Å²) in [6.07, 6.45) is 4.10. The van der Waals surface area contributed by atoms with Crippen LogP contribution in [0.15, 0.2) is 79.1 Å². The van der Waals surface area contributed by atoms with Crippen LogP contribution >= 0.6 is 0 Å². The minimum atomic E-state index is -0.882. The van der Waals surface area contributed by atoms with Crippen molar-refractivity contribution in [2.45, 2.75) is 31.7 Å². The molecule has 3 aromatic carbocycles. The predicted molar refractivity (Wildman–Crippen MR) is 127 cm³/mol. The first-order chi connectivity index (χ1) is 16.1. The molecule has 2 N–H and O–H groups in total. The van der Waals surface area contributed by atoms with Crippen molar-refractivity contribution >= 4 is 28.6 Å². The Morgan fingerprint density at radius 3 is 2.58 bits per heavy atom. The van der Waals surface area contributed by atoms with Crippen molar-refractivity contribution in [3.63, 3.8) is 0 Å². The molecule has 6 nitrogen and oxygen atoms in total. The van der Waals surface area contributed by atoms with Gasteiger partial charge in [0.1, 0.15) is 0 Å². The quantitative estimate of drug-likeness (QED) is 0.450. The molecule has 6 heteroatoms. The molecular weight excluding hydrogens is 414 g/mol. The van der Waals surface area contributed by atoms with Crippen LogP contribution in [0.3, 0.4) is 0 Å². The van der Waals surface area contributed by atoms with Gasteiger partial charge in [-0.15, -0.1) is 0 Å². The maximum absolute atomic E-state index is 13.0. The van der Waals surface area contributed by atoms with E-state index in [-0.39, 0.29) is 18.2 Å². The first-order valence-corrected chi connectivity index (χ1v) is 11.2. The molecule has 0 fully saturated rings. The molecule has 0 saturated carbocycles. The zero-order chi connectivity index (χ0) is 22.8. The molecular formula is C27H25N3O3. The lowest BCUT2D eigenvalue weighted by Gasteiger charge is -2.24. The Hall–Kier alpha value is -3.93. The maximum atomic E-state index is 13.0. The summed E-state index contributed by atoms with van der Waals surface area (Å²) in [7, 11) is 0.